The molecule has 5 unspecified atom stereocenters. The van der Waals surface area contributed by atoms with Crippen LogP contribution in [0.3, 0.4) is 0 Å². The van der Waals surface area contributed by atoms with Crippen LogP contribution in [0.25, 0.3) is 0 Å². The summed E-state index contributed by atoms with van der Waals surface area (Å²) in [5, 5.41) is 65.4. The molecule has 0 spiro atoms. The fourth-order valence-corrected chi connectivity index (χ4v) is 23.5. The van der Waals surface area contributed by atoms with E-state index in [-0.39, 0.29) is 21.7 Å². The fourth-order valence-electron chi connectivity index (χ4n) is 16.3. The maximum absolute atomic E-state index is 11.2. The Bertz CT molecular complexity index is 5570. The van der Waals surface area contributed by atoms with Gasteiger partial charge in [0.05, 0.1) is 0 Å². The van der Waals surface area contributed by atoms with Crippen LogP contribution in [0.15, 0.2) is 224 Å². The highest BCUT2D eigenvalue weighted by Gasteiger charge is 2.29. The molecule has 5 N–H and O–H groups in total. The molecule has 0 heterocycles. The van der Waals surface area contributed by atoms with E-state index in [1.165, 1.54) is 116 Å². The minimum Gasteiger partial charge on any atom is -0.507 e. The Labute approximate surface area is 793 Å². The first-order chi connectivity index (χ1) is 61.4. The first kappa shape index (κ1) is 106. The average molecular weight is 1840 g/mol. The summed E-state index contributed by atoms with van der Waals surface area (Å²) in [5.41, 5.74) is 24.3. The maximum Gasteiger partial charge on any atom is 0.127 e. The molecule has 10 nitrogen and oxygen atoms in total. The van der Waals surface area contributed by atoms with E-state index in [2.05, 4.69) is 406 Å². The van der Waals surface area contributed by atoms with Crippen molar-refractivity contribution >= 4 is 124 Å². The zero-order valence-electron chi connectivity index (χ0n) is 83.9. The van der Waals surface area contributed by atoms with E-state index in [4.69, 9.17) is 0 Å². The predicted octanol–water partition coefficient (Wildman–Crippen LogP) is 24.7. The van der Waals surface area contributed by atoms with Crippen LogP contribution >= 0.6 is 42.9 Å². The van der Waals surface area contributed by atoms with Crippen LogP contribution in [0, 0.1) is 62.3 Å². The third-order valence-electron chi connectivity index (χ3n) is 24.1. The highest BCUT2D eigenvalue weighted by molar-refractivity contribution is 7.57. The molecule has 0 amide bonds. The lowest BCUT2D eigenvalue weighted by molar-refractivity contribution is 0.448. The molecule has 5 atom stereocenters. The number of anilines is 5. The summed E-state index contributed by atoms with van der Waals surface area (Å²) in [4.78, 5) is 12.0. The Balaban J connectivity index is 0.000000201. The van der Waals surface area contributed by atoms with Crippen LogP contribution in [0.5, 0.6) is 28.7 Å². The summed E-state index contributed by atoms with van der Waals surface area (Å²) >= 11 is 0. The number of hydrogen-bond donors (Lipinski definition) is 5. The Morgan fingerprint density at radius 1 is 0.231 bits per heavy atom. The van der Waals surface area contributed by atoms with Crippen molar-refractivity contribution in [2.75, 3.05) is 76.9 Å². The van der Waals surface area contributed by atoms with Crippen molar-refractivity contribution in [1.82, 2.24) is 0 Å². The van der Waals surface area contributed by atoms with Crippen LogP contribution < -0.4 is 77.5 Å². The van der Waals surface area contributed by atoms with Gasteiger partial charge in [0, 0.05) is 158 Å². The van der Waals surface area contributed by atoms with Gasteiger partial charge < -0.3 is 50.0 Å². The summed E-state index contributed by atoms with van der Waals surface area (Å²) in [6.07, 6.45) is 0. The van der Waals surface area contributed by atoms with E-state index in [0.29, 0.717) is 71.7 Å². The van der Waals surface area contributed by atoms with Gasteiger partial charge in [0.25, 0.3) is 0 Å². The number of nitrogens with zero attached hydrogens (tertiary/aromatic N) is 5. The largest absolute Gasteiger partial charge is 0.507 e. The molecule has 0 saturated carbocycles. The van der Waals surface area contributed by atoms with Gasteiger partial charge in [-0.25, -0.2) is 0 Å². The molecule has 0 aromatic heterocycles. The fraction of sp³-hybridized carbons (Fsp3) is 0.374. The third kappa shape index (κ3) is 28.7. The Kier molecular flexibility index (Phi) is 39.6. The van der Waals surface area contributed by atoms with Gasteiger partial charge in [-0.1, -0.05) is 290 Å². The van der Waals surface area contributed by atoms with Crippen molar-refractivity contribution in [3.63, 3.8) is 0 Å². The van der Waals surface area contributed by atoms with Crippen molar-refractivity contribution in [3.05, 3.63) is 308 Å². The molecule has 15 heteroatoms. The number of phenolic OH excluding ortho intramolecular Hbond substituents is 5. The van der Waals surface area contributed by atoms with Crippen molar-refractivity contribution < 1.29 is 25.5 Å². The first-order valence-corrected chi connectivity index (χ1v) is 51.7. The highest BCUT2D eigenvalue weighted by Crippen LogP contribution is 2.41. The van der Waals surface area contributed by atoms with Gasteiger partial charge in [-0.15, -0.1) is 0 Å². The summed E-state index contributed by atoms with van der Waals surface area (Å²) in [6.45, 7) is 72.6. The number of para-hydroxylation sites is 1. The molecule has 0 saturated heterocycles. The van der Waals surface area contributed by atoms with Gasteiger partial charge in [-0.2, -0.15) is 0 Å². The highest BCUT2D eigenvalue weighted by atomic mass is 31.1. The number of phenols is 5. The van der Waals surface area contributed by atoms with Gasteiger partial charge in [-0.05, 0) is 272 Å². The average Bonchev–Trinajstić information content (AvgIpc) is 0.771. The minimum absolute atomic E-state index is 0.0420. The van der Waals surface area contributed by atoms with Crippen LogP contribution in [0.4, 0.5) is 28.4 Å². The van der Waals surface area contributed by atoms with E-state index in [0.717, 1.165) is 114 Å². The van der Waals surface area contributed by atoms with Gasteiger partial charge in [0.1, 0.15) is 28.7 Å². The van der Waals surface area contributed by atoms with Gasteiger partial charge >= 0.3 is 0 Å². The second kappa shape index (κ2) is 48.4. The van der Waals surface area contributed by atoms with E-state index in [1.807, 2.05) is 38.1 Å². The van der Waals surface area contributed by atoms with E-state index >= 15 is 0 Å². The molecule has 0 radical (unpaired) electrons. The van der Waals surface area contributed by atoms with Crippen molar-refractivity contribution in [2.24, 2.45) is 0 Å². The van der Waals surface area contributed by atoms with E-state index in [1.54, 1.807) is 6.07 Å². The zero-order chi connectivity index (χ0) is 95.9. The quantitative estimate of drug-likeness (QED) is 0.0319. The lowest BCUT2D eigenvalue weighted by Gasteiger charge is -2.29. The van der Waals surface area contributed by atoms with Crippen LogP contribution in [0.2, 0.25) is 0 Å². The Hall–Kier alpha value is -9.21. The van der Waals surface area contributed by atoms with Crippen molar-refractivity contribution in [3.8, 4) is 28.7 Å². The molecule has 694 valence electrons. The van der Waals surface area contributed by atoms with Crippen molar-refractivity contribution in [1.29, 1.82) is 0 Å². The maximum atomic E-state index is 11.2. The standard InChI is InChI=1S/C27H26NOP.C25H38NOP.2C22H32NOP.C19H26NOP/c1-21-11-10-16-24(27(21)30-26-18-9-8-17-25(26)29)28(19-22-12-4-2-5-13-22)20-23-14-6-3-7-15-23;1-10-26(11-2)20-14-12-13-17(3)23(20)28-21-16-18(24(4,5)6)15-19(22(21)27)25(7,8)9;1-8-23(9-2)18-12-10-11-16(4)21(18)25-19-14-15(3)13-17(20(19)24)22(5,6)7;1-8-23(9-2)18-12-10-11-15(3)21(18)25-19-14-17(22(5,6)7)13-16(4)20(19)24;1-6-20(7-2)16-10-8-9-14(4)19(16)22-17-12-13(3)11-15(5)18(17)21/h2-18,29-30H,19-20H2,1H3;12-16,27-28H,10-11H2,1-9H3;2*10-14,24-25H,8-9H2,1-7H3;8-12,21-22H,6-7H2,1-5H3. The summed E-state index contributed by atoms with van der Waals surface area (Å²) in [6, 6.07) is 78.6. The summed E-state index contributed by atoms with van der Waals surface area (Å²) in [7, 11) is 2.20. The molecule has 12 rings (SSSR count). The molecule has 0 bridgehead atoms. The minimum atomic E-state index is -0.0992. The van der Waals surface area contributed by atoms with Gasteiger partial charge in [0.15, 0.2) is 0 Å². The Morgan fingerprint density at radius 3 is 0.808 bits per heavy atom. The summed E-state index contributed by atoms with van der Waals surface area (Å²) < 4.78 is 0. The number of rotatable bonds is 27. The van der Waals surface area contributed by atoms with Crippen molar-refractivity contribution in [2.45, 2.75) is 236 Å². The lowest BCUT2D eigenvalue weighted by atomic mass is 9.80. The Morgan fingerprint density at radius 2 is 0.492 bits per heavy atom. The van der Waals surface area contributed by atoms with E-state index in [9.17, 15) is 25.5 Å². The third-order valence-corrected chi connectivity index (χ3v) is 31.9. The second-order valence-electron chi connectivity index (χ2n) is 38.3. The number of aromatic hydroxyl groups is 5. The van der Waals surface area contributed by atoms with Gasteiger partial charge in [0.2, 0.25) is 0 Å². The lowest BCUT2D eigenvalue weighted by Crippen LogP contribution is -2.28. The van der Waals surface area contributed by atoms with Crippen LogP contribution in [-0.4, -0.2) is 77.9 Å². The monoisotopic (exact) mass is 1840 g/mol. The summed E-state index contributed by atoms with van der Waals surface area (Å²) in [5.74, 6) is 2.18. The molecule has 0 fully saturated rings. The second-order valence-corrected chi connectivity index (χ2v) is 44.7. The number of hydrogen-bond acceptors (Lipinski definition) is 10. The van der Waals surface area contributed by atoms with E-state index < -0.39 is 0 Å². The first-order valence-electron chi connectivity index (χ1n) is 46.7. The predicted molar refractivity (Wildman–Crippen MR) is 585 cm³/mol. The molecule has 12 aromatic carbocycles. The topological polar surface area (TPSA) is 117 Å². The normalized spacial score (nSPS) is 11.9. The zero-order valence-corrected chi connectivity index (χ0v) is 88.9. The molecule has 0 aliphatic carbocycles. The van der Waals surface area contributed by atoms with Gasteiger partial charge in [-0.3, -0.25) is 0 Å². The molecule has 12 aromatic rings. The molecule has 0 aliphatic rings. The molecule has 0 aliphatic heterocycles. The SMILES string of the molecule is CCN(CC)c1cccc(C)c1Pc1cc(C(C)(C)C)cc(C(C)(C)C)c1O.CCN(CC)c1cccc(C)c1Pc1cc(C(C)(C)C)cc(C)c1O.CCN(CC)c1cccc(C)c1Pc1cc(C)cc(C(C)(C)C)c1O.CCN(CC)c1cccc(C)c1Pc1cc(C)cc(C)c1O.Cc1cccc(N(Cc2ccccc2)Cc2ccccc2)c1Pc1ccccc1O. The van der Waals surface area contributed by atoms with Crippen LogP contribution in [0.1, 0.15) is 222 Å². The number of benzene rings is 12. The van der Waals surface area contributed by atoms with Crippen LogP contribution in [-0.2, 0) is 34.7 Å². The number of aryl methyl sites for hydroxylation is 9. The molecule has 130 heavy (non-hydrogen) atoms. The molecular weight excluding hydrogens is 1690 g/mol. The molecular formula is C115H154N5O5P5. The smallest absolute Gasteiger partial charge is 0.127 e.